The molecule has 3 N–H and O–H groups in total. The van der Waals surface area contributed by atoms with Crippen molar-refractivity contribution in [2.24, 2.45) is 5.73 Å². The Kier molecular flexibility index (Phi) is 4.85. The van der Waals surface area contributed by atoms with Crippen LogP contribution in [0.5, 0.6) is 0 Å². The molecule has 0 saturated carbocycles. The summed E-state index contributed by atoms with van der Waals surface area (Å²) in [6.07, 6.45) is 7.65. The van der Waals surface area contributed by atoms with E-state index in [4.69, 9.17) is 5.73 Å². The molecule has 0 atom stereocenters. The molecule has 2 aromatic rings. The highest BCUT2D eigenvalue weighted by molar-refractivity contribution is 5.94. The fourth-order valence-corrected chi connectivity index (χ4v) is 1.89. The molecule has 19 heavy (non-hydrogen) atoms. The summed E-state index contributed by atoms with van der Waals surface area (Å²) in [4.78, 5) is 11.9. The number of rotatable bonds is 7. The molecule has 102 valence electrons. The van der Waals surface area contributed by atoms with Crippen molar-refractivity contribution in [3.63, 3.8) is 0 Å². The van der Waals surface area contributed by atoms with E-state index in [0.717, 1.165) is 32.2 Å². The van der Waals surface area contributed by atoms with Crippen molar-refractivity contribution in [1.82, 2.24) is 19.9 Å². The number of fused-ring (bicyclic) bond motifs is 1. The fraction of sp³-hybridized carbons (Fsp3) is 0.462. The Hall–Kier alpha value is -1.95. The summed E-state index contributed by atoms with van der Waals surface area (Å²) in [5.74, 6) is -0.0654. The summed E-state index contributed by atoms with van der Waals surface area (Å²) in [7, 11) is 0. The number of unbranched alkanes of at least 4 members (excludes halogenated alkanes) is 3. The molecule has 0 saturated heterocycles. The highest BCUT2D eigenvalue weighted by atomic mass is 16.1. The predicted molar refractivity (Wildman–Crippen MR) is 72.8 cm³/mol. The lowest BCUT2D eigenvalue weighted by Gasteiger charge is -2.05. The molecule has 0 aliphatic rings. The third-order valence-corrected chi connectivity index (χ3v) is 2.98. The van der Waals surface area contributed by atoms with E-state index >= 15 is 0 Å². The second-order valence-corrected chi connectivity index (χ2v) is 4.47. The third kappa shape index (κ3) is 3.75. The van der Waals surface area contributed by atoms with E-state index in [0.29, 0.717) is 17.8 Å². The minimum absolute atomic E-state index is 0.0654. The van der Waals surface area contributed by atoms with Crippen LogP contribution in [-0.4, -0.2) is 33.6 Å². The Morgan fingerprint density at radius 1 is 1.32 bits per heavy atom. The number of nitrogens with one attached hydrogen (secondary N) is 1. The van der Waals surface area contributed by atoms with Crippen molar-refractivity contribution in [3.8, 4) is 0 Å². The van der Waals surface area contributed by atoms with Crippen LogP contribution in [0.4, 0.5) is 0 Å². The lowest BCUT2D eigenvalue weighted by atomic mass is 10.2. The smallest absolute Gasteiger partial charge is 0.251 e. The molecule has 0 aromatic carbocycles. The summed E-state index contributed by atoms with van der Waals surface area (Å²) >= 11 is 0. The van der Waals surface area contributed by atoms with Gasteiger partial charge >= 0.3 is 0 Å². The predicted octanol–water partition coefficient (Wildman–Crippen LogP) is 0.978. The van der Waals surface area contributed by atoms with Gasteiger partial charge in [0.2, 0.25) is 0 Å². The second kappa shape index (κ2) is 6.84. The molecular formula is C13H19N5O. The van der Waals surface area contributed by atoms with Gasteiger partial charge in [-0.1, -0.05) is 12.8 Å². The van der Waals surface area contributed by atoms with Crippen molar-refractivity contribution in [2.45, 2.75) is 25.7 Å². The van der Waals surface area contributed by atoms with Gasteiger partial charge in [-0.15, -0.1) is 10.2 Å². The molecular weight excluding hydrogens is 242 g/mol. The summed E-state index contributed by atoms with van der Waals surface area (Å²) in [6.45, 7) is 1.44. The maximum atomic E-state index is 11.9. The van der Waals surface area contributed by atoms with E-state index in [1.807, 2.05) is 0 Å². The van der Waals surface area contributed by atoms with Gasteiger partial charge in [0.05, 0.1) is 0 Å². The van der Waals surface area contributed by atoms with E-state index in [2.05, 4.69) is 15.5 Å². The Balaban J connectivity index is 1.79. The summed E-state index contributed by atoms with van der Waals surface area (Å²) < 4.78 is 1.77. The number of carbonyl (C=O) groups is 1. The summed E-state index contributed by atoms with van der Waals surface area (Å²) in [6, 6.07) is 3.50. The first-order chi connectivity index (χ1) is 9.31. The van der Waals surface area contributed by atoms with Crippen LogP contribution in [0.15, 0.2) is 24.7 Å². The first kappa shape index (κ1) is 13.5. The van der Waals surface area contributed by atoms with Gasteiger partial charge in [-0.3, -0.25) is 9.20 Å². The van der Waals surface area contributed by atoms with Crippen molar-refractivity contribution in [3.05, 3.63) is 30.2 Å². The number of amides is 1. The van der Waals surface area contributed by atoms with Gasteiger partial charge < -0.3 is 11.1 Å². The molecule has 0 aliphatic carbocycles. The average Bonchev–Trinajstić information content (AvgIpc) is 2.89. The molecule has 0 unspecified atom stereocenters. The number of nitrogens with two attached hydrogens (primary N) is 1. The maximum absolute atomic E-state index is 11.9. The van der Waals surface area contributed by atoms with Gasteiger partial charge in [0, 0.05) is 18.3 Å². The molecule has 0 bridgehead atoms. The van der Waals surface area contributed by atoms with Crippen molar-refractivity contribution in [1.29, 1.82) is 0 Å². The monoisotopic (exact) mass is 261 g/mol. The maximum Gasteiger partial charge on any atom is 0.251 e. The first-order valence-electron chi connectivity index (χ1n) is 6.59. The fourth-order valence-electron chi connectivity index (χ4n) is 1.89. The minimum atomic E-state index is -0.0654. The van der Waals surface area contributed by atoms with E-state index in [9.17, 15) is 4.79 Å². The standard InChI is InChI=1S/C13H19N5O/c14-6-3-1-2-4-7-15-13(19)11-5-8-18-10-16-17-12(18)9-11/h5,8-10H,1-4,6-7,14H2,(H,15,19). The lowest BCUT2D eigenvalue weighted by Crippen LogP contribution is -2.24. The van der Waals surface area contributed by atoms with Gasteiger partial charge in [0.25, 0.3) is 5.91 Å². The minimum Gasteiger partial charge on any atom is -0.352 e. The van der Waals surface area contributed by atoms with E-state index in [-0.39, 0.29) is 5.91 Å². The molecule has 0 spiro atoms. The quantitative estimate of drug-likeness (QED) is 0.727. The number of hydrogen-bond donors (Lipinski definition) is 2. The molecule has 2 rings (SSSR count). The molecule has 6 nitrogen and oxygen atoms in total. The highest BCUT2D eigenvalue weighted by Crippen LogP contribution is 2.04. The third-order valence-electron chi connectivity index (χ3n) is 2.98. The van der Waals surface area contributed by atoms with Gasteiger partial charge in [0.1, 0.15) is 6.33 Å². The Labute approximate surface area is 112 Å². The van der Waals surface area contributed by atoms with Crippen LogP contribution in [0.25, 0.3) is 5.65 Å². The molecule has 0 radical (unpaired) electrons. The molecule has 2 aromatic heterocycles. The largest absolute Gasteiger partial charge is 0.352 e. The summed E-state index contributed by atoms with van der Waals surface area (Å²) in [5, 5.41) is 10.6. The van der Waals surface area contributed by atoms with Gasteiger partial charge in [-0.2, -0.15) is 0 Å². The molecule has 6 heteroatoms. The Bertz CT molecular complexity index is 537. The topological polar surface area (TPSA) is 85.3 Å². The zero-order chi connectivity index (χ0) is 13.5. The van der Waals surface area contributed by atoms with E-state index in [1.54, 1.807) is 29.1 Å². The second-order valence-electron chi connectivity index (χ2n) is 4.47. The zero-order valence-corrected chi connectivity index (χ0v) is 10.9. The first-order valence-corrected chi connectivity index (χ1v) is 6.59. The highest BCUT2D eigenvalue weighted by Gasteiger charge is 2.06. The number of aromatic nitrogens is 3. The normalized spacial score (nSPS) is 10.8. The Morgan fingerprint density at radius 3 is 3.00 bits per heavy atom. The zero-order valence-electron chi connectivity index (χ0n) is 10.9. The number of pyridine rings is 1. The lowest BCUT2D eigenvalue weighted by molar-refractivity contribution is 0.0953. The molecule has 2 heterocycles. The van der Waals surface area contributed by atoms with Crippen LogP contribution in [0.3, 0.4) is 0 Å². The van der Waals surface area contributed by atoms with Gasteiger partial charge in [-0.05, 0) is 31.5 Å². The number of carbonyl (C=O) groups excluding carboxylic acids is 1. The van der Waals surface area contributed by atoms with Crippen LogP contribution in [0.1, 0.15) is 36.0 Å². The molecule has 1 amide bonds. The van der Waals surface area contributed by atoms with Crippen LogP contribution >= 0.6 is 0 Å². The van der Waals surface area contributed by atoms with Crippen molar-refractivity contribution in [2.75, 3.05) is 13.1 Å². The van der Waals surface area contributed by atoms with E-state index in [1.165, 1.54) is 0 Å². The van der Waals surface area contributed by atoms with Crippen LogP contribution in [-0.2, 0) is 0 Å². The van der Waals surface area contributed by atoms with Gasteiger partial charge in [0.15, 0.2) is 5.65 Å². The number of nitrogens with zero attached hydrogens (tertiary/aromatic N) is 3. The van der Waals surface area contributed by atoms with Crippen LogP contribution in [0, 0.1) is 0 Å². The van der Waals surface area contributed by atoms with Crippen molar-refractivity contribution < 1.29 is 4.79 Å². The summed E-state index contributed by atoms with van der Waals surface area (Å²) in [5.41, 5.74) is 6.71. The average molecular weight is 261 g/mol. The van der Waals surface area contributed by atoms with E-state index < -0.39 is 0 Å². The van der Waals surface area contributed by atoms with Crippen LogP contribution < -0.4 is 11.1 Å². The SMILES string of the molecule is NCCCCCCNC(=O)c1ccn2cnnc2c1. The molecule has 0 fully saturated rings. The van der Waals surface area contributed by atoms with Crippen molar-refractivity contribution >= 4 is 11.6 Å². The Morgan fingerprint density at radius 2 is 2.16 bits per heavy atom. The molecule has 0 aliphatic heterocycles. The number of hydrogen-bond acceptors (Lipinski definition) is 4. The van der Waals surface area contributed by atoms with Gasteiger partial charge in [-0.25, -0.2) is 0 Å². The van der Waals surface area contributed by atoms with Crippen LogP contribution in [0.2, 0.25) is 0 Å².